The van der Waals surface area contributed by atoms with Gasteiger partial charge in [-0.05, 0) is 24.6 Å². The Labute approximate surface area is 134 Å². The van der Waals surface area contributed by atoms with Gasteiger partial charge in [-0.25, -0.2) is 4.98 Å². The molecule has 1 fully saturated rings. The maximum absolute atomic E-state index is 12.3. The van der Waals surface area contributed by atoms with E-state index >= 15 is 0 Å². The van der Waals surface area contributed by atoms with E-state index < -0.39 is 0 Å². The van der Waals surface area contributed by atoms with Gasteiger partial charge in [-0.2, -0.15) is 5.10 Å². The summed E-state index contributed by atoms with van der Waals surface area (Å²) in [5.74, 6) is 1.01. The molecule has 0 atom stereocenters. The second kappa shape index (κ2) is 6.36. The van der Waals surface area contributed by atoms with E-state index in [0.29, 0.717) is 24.7 Å². The van der Waals surface area contributed by atoms with E-state index in [1.807, 2.05) is 30.2 Å². The van der Waals surface area contributed by atoms with Gasteiger partial charge in [0.2, 0.25) is 5.91 Å². The molecule has 1 saturated heterocycles. The maximum Gasteiger partial charge on any atom is 0.244 e. The van der Waals surface area contributed by atoms with E-state index in [4.69, 9.17) is 11.6 Å². The molecule has 0 unspecified atom stereocenters. The summed E-state index contributed by atoms with van der Waals surface area (Å²) in [6, 6.07) is 3.74. The van der Waals surface area contributed by atoms with Crippen molar-refractivity contribution in [2.75, 3.05) is 31.1 Å². The van der Waals surface area contributed by atoms with Crippen molar-refractivity contribution in [3.05, 3.63) is 41.3 Å². The van der Waals surface area contributed by atoms with Gasteiger partial charge < -0.3 is 9.80 Å². The lowest BCUT2D eigenvalue weighted by Crippen LogP contribution is -2.49. The summed E-state index contributed by atoms with van der Waals surface area (Å²) in [7, 11) is 0. The highest BCUT2D eigenvalue weighted by atomic mass is 35.5. The van der Waals surface area contributed by atoms with Crippen LogP contribution < -0.4 is 4.90 Å². The molecule has 2 aromatic rings. The Morgan fingerprint density at radius 2 is 2.00 bits per heavy atom. The molecular weight excluding hydrogens is 302 g/mol. The van der Waals surface area contributed by atoms with Crippen LogP contribution in [0.4, 0.5) is 5.82 Å². The molecule has 3 heterocycles. The number of halogens is 1. The number of aryl methyl sites for hydroxylation is 1. The van der Waals surface area contributed by atoms with Crippen LogP contribution in [0.3, 0.4) is 0 Å². The number of carbonyl (C=O) groups excluding carboxylic acids is 1. The average molecular weight is 320 g/mol. The Morgan fingerprint density at radius 3 is 2.59 bits per heavy atom. The van der Waals surface area contributed by atoms with Crippen molar-refractivity contribution in [1.29, 1.82) is 0 Å². The molecule has 3 rings (SSSR count). The summed E-state index contributed by atoms with van der Waals surface area (Å²) in [5, 5.41) is 4.79. The number of piperazine rings is 1. The monoisotopic (exact) mass is 319 g/mol. The van der Waals surface area contributed by atoms with Crippen LogP contribution >= 0.6 is 11.6 Å². The van der Waals surface area contributed by atoms with Crippen LogP contribution in [0.2, 0.25) is 5.02 Å². The number of rotatable bonds is 3. The number of hydrogen-bond donors (Lipinski definition) is 0. The van der Waals surface area contributed by atoms with Crippen LogP contribution in [0, 0.1) is 6.92 Å². The lowest BCUT2D eigenvalue weighted by atomic mass is 10.3. The Hall–Kier alpha value is -2.08. The predicted octanol–water partition coefficient (Wildman–Crippen LogP) is 1.59. The Bertz CT molecular complexity index is 646. The molecule has 0 N–H and O–H groups in total. The smallest absolute Gasteiger partial charge is 0.244 e. The first-order chi connectivity index (χ1) is 10.6. The second-order valence-corrected chi connectivity index (χ2v) is 5.85. The Morgan fingerprint density at radius 1 is 1.23 bits per heavy atom. The van der Waals surface area contributed by atoms with E-state index in [1.165, 1.54) is 0 Å². The van der Waals surface area contributed by atoms with Gasteiger partial charge >= 0.3 is 0 Å². The predicted molar refractivity (Wildman–Crippen MR) is 85.0 cm³/mol. The number of hydrogen-bond acceptors (Lipinski definition) is 4. The minimum atomic E-state index is 0.104. The third kappa shape index (κ3) is 3.39. The van der Waals surface area contributed by atoms with Gasteiger partial charge in [0.25, 0.3) is 0 Å². The molecule has 1 aliphatic rings. The fraction of sp³-hybridized carbons (Fsp3) is 0.400. The van der Waals surface area contributed by atoms with Crippen molar-refractivity contribution in [3.8, 4) is 0 Å². The fourth-order valence-electron chi connectivity index (χ4n) is 2.53. The lowest BCUT2D eigenvalue weighted by molar-refractivity contribution is -0.132. The third-order valence-corrected chi connectivity index (χ3v) is 3.95. The van der Waals surface area contributed by atoms with Gasteiger partial charge in [0.1, 0.15) is 12.4 Å². The molecule has 6 nitrogen and oxygen atoms in total. The zero-order valence-electron chi connectivity index (χ0n) is 12.4. The van der Waals surface area contributed by atoms with E-state index in [9.17, 15) is 4.79 Å². The van der Waals surface area contributed by atoms with Gasteiger partial charge in [-0.3, -0.25) is 9.48 Å². The van der Waals surface area contributed by atoms with E-state index in [2.05, 4.69) is 15.0 Å². The summed E-state index contributed by atoms with van der Waals surface area (Å²) in [6.07, 6.45) is 5.29. The zero-order valence-corrected chi connectivity index (χ0v) is 13.2. The molecular formula is C15H18ClN5O. The number of aromatic nitrogens is 3. The van der Waals surface area contributed by atoms with E-state index in [-0.39, 0.29) is 5.91 Å². The highest BCUT2D eigenvalue weighted by molar-refractivity contribution is 6.30. The summed E-state index contributed by atoms with van der Waals surface area (Å²) < 4.78 is 1.69. The number of anilines is 1. The maximum atomic E-state index is 12.3. The first kappa shape index (κ1) is 14.8. The molecule has 0 saturated carbocycles. The van der Waals surface area contributed by atoms with Crippen molar-refractivity contribution < 1.29 is 4.79 Å². The molecule has 1 aliphatic heterocycles. The van der Waals surface area contributed by atoms with Crippen molar-refractivity contribution in [3.63, 3.8) is 0 Å². The normalized spacial score (nSPS) is 15.2. The zero-order chi connectivity index (χ0) is 15.5. The highest BCUT2D eigenvalue weighted by Gasteiger charge is 2.22. The van der Waals surface area contributed by atoms with E-state index in [1.54, 1.807) is 17.1 Å². The van der Waals surface area contributed by atoms with Crippen LogP contribution in [0.5, 0.6) is 0 Å². The number of carbonyl (C=O) groups is 1. The summed E-state index contributed by atoms with van der Waals surface area (Å²) in [4.78, 5) is 20.6. The molecule has 0 bridgehead atoms. The first-order valence-electron chi connectivity index (χ1n) is 7.25. The van der Waals surface area contributed by atoms with Gasteiger partial charge in [0.15, 0.2) is 0 Å². The van der Waals surface area contributed by atoms with Crippen molar-refractivity contribution in [2.24, 2.45) is 0 Å². The summed E-state index contributed by atoms with van der Waals surface area (Å²) in [6.45, 7) is 5.21. The van der Waals surface area contributed by atoms with Crippen LogP contribution in [-0.2, 0) is 11.3 Å². The number of amides is 1. The van der Waals surface area contributed by atoms with Crippen LogP contribution in [0.1, 0.15) is 5.56 Å². The molecule has 7 heteroatoms. The van der Waals surface area contributed by atoms with Crippen molar-refractivity contribution >= 4 is 23.3 Å². The van der Waals surface area contributed by atoms with Crippen molar-refractivity contribution in [2.45, 2.75) is 13.5 Å². The third-order valence-electron chi connectivity index (χ3n) is 3.73. The largest absolute Gasteiger partial charge is 0.353 e. The molecule has 1 amide bonds. The summed E-state index contributed by atoms with van der Waals surface area (Å²) in [5.41, 5.74) is 1.06. The average Bonchev–Trinajstić information content (AvgIpc) is 2.93. The van der Waals surface area contributed by atoms with Crippen molar-refractivity contribution in [1.82, 2.24) is 19.7 Å². The molecule has 0 aliphatic carbocycles. The number of nitrogens with zero attached hydrogens (tertiary/aromatic N) is 5. The molecule has 0 radical (unpaired) electrons. The van der Waals surface area contributed by atoms with Crippen LogP contribution in [0.25, 0.3) is 0 Å². The fourth-order valence-corrected chi connectivity index (χ4v) is 2.64. The minimum Gasteiger partial charge on any atom is -0.353 e. The lowest BCUT2D eigenvalue weighted by Gasteiger charge is -2.35. The van der Waals surface area contributed by atoms with Gasteiger partial charge in [0.05, 0.1) is 11.2 Å². The quantitative estimate of drug-likeness (QED) is 0.862. The molecule has 2 aromatic heterocycles. The minimum absolute atomic E-state index is 0.104. The van der Waals surface area contributed by atoms with Gasteiger partial charge in [0, 0.05) is 38.6 Å². The standard InChI is InChI=1S/C15H18ClN5O/c1-12-8-18-21(10-12)11-15(22)20-6-4-19(5-7-20)14-3-2-13(16)9-17-14/h2-3,8-10H,4-7,11H2,1H3. The molecule has 0 spiro atoms. The van der Waals surface area contributed by atoms with Crippen LogP contribution in [0.15, 0.2) is 30.7 Å². The Kier molecular flexibility index (Phi) is 4.29. The molecule has 0 aromatic carbocycles. The van der Waals surface area contributed by atoms with E-state index in [0.717, 1.165) is 24.5 Å². The Balaban J connectivity index is 1.54. The van der Waals surface area contributed by atoms with Gasteiger partial charge in [-0.15, -0.1) is 0 Å². The molecule has 22 heavy (non-hydrogen) atoms. The summed E-state index contributed by atoms with van der Waals surface area (Å²) >= 11 is 5.85. The highest BCUT2D eigenvalue weighted by Crippen LogP contribution is 2.16. The molecule has 116 valence electrons. The second-order valence-electron chi connectivity index (χ2n) is 5.42. The topological polar surface area (TPSA) is 54.3 Å². The van der Waals surface area contributed by atoms with Crippen LogP contribution in [-0.4, -0.2) is 51.8 Å². The van der Waals surface area contributed by atoms with Gasteiger partial charge in [-0.1, -0.05) is 11.6 Å². The number of pyridine rings is 1. The first-order valence-corrected chi connectivity index (χ1v) is 7.63. The SMILES string of the molecule is Cc1cnn(CC(=O)N2CCN(c3ccc(Cl)cn3)CC2)c1.